The molecule has 0 heterocycles. The molecule has 27 heavy (non-hydrogen) atoms. The van der Waals surface area contributed by atoms with Crippen LogP contribution in [0.2, 0.25) is 0 Å². The number of nitrogen functional groups attached to an aromatic ring is 1. The van der Waals surface area contributed by atoms with Crippen molar-refractivity contribution in [2.75, 3.05) is 5.73 Å². The van der Waals surface area contributed by atoms with Crippen molar-refractivity contribution < 1.29 is 0 Å². The Bertz CT molecular complexity index is 860. The van der Waals surface area contributed by atoms with Crippen molar-refractivity contribution in [3.63, 3.8) is 0 Å². The first-order chi connectivity index (χ1) is 13.1. The molecule has 1 unspecified atom stereocenters. The number of aryl methyl sites for hydroxylation is 1. The van der Waals surface area contributed by atoms with Crippen LogP contribution < -0.4 is 11.5 Å². The fourth-order valence-electron chi connectivity index (χ4n) is 5.00. The van der Waals surface area contributed by atoms with Crippen LogP contribution in [0.1, 0.15) is 94.5 Å². The van der Waals surface area contributed by atoms with Gasteiger partial charge < -0.3 is 11.5 Å². The third kappa shape index (κ3) is 3.29. The van der Waals surface area contributed by atoms with Gasteiger partial charge >= 0.3 is 0 Å². The Labute approximate surface area is 165 Å². The Kier molecular flexibility index (Phi) is 6.26. The second-order valence-corrected chi connectivity index (χ2v) is 8.00. The molecule has 4 N–H and O–H groups in total. The number of allylic oxidation sites excluding steroid dienone is 1. The average molecular weight is 365 g/mol. The highest BCUT2D eigenvalue weighted by atomic mass is 14.7. The Hall–Kier alpha value is -1.80. The maximum atomic E-state index is 6.93. The molecule has 2 aromatic carbocycles. The summed E-state index contributed by atoms with van der Waals surface area (Å²) in [6.07, 6.45) is 8.78. The van der Waals surface area contributed by atoms with E-state index in [-0.39, 0.29) is 6.04 Å². The van der Waals surface area contributed by atoms with Crippen LogP contribution in [0, 0.1) is 0 Å². The zero-order valence-electron chi connectivity index (χ0n) is 17.6. The molecule has 2 nitrogen and oxygen atoms in total. The van der Waals surface area contributed by atoms with E-state index in [1.807, 2.05) is 0 Å². The third-order valence-electron chi connectivity index (χ3n) is 6.05. The number of hydrogen-bond donors (Lipinski definition) is 2. The zero-order chi connectivity index (χ0) is 19.6. The van der Waals surface area contributed by atoms with Gasteiger partial charge in [0.05, 0.1) is 6.04 Å². The fraction of sp³-hybridized carbons (Fsp3) is 0.520. The maximum Gasteiger partial charge on any atom is 0.0523 e. The smallest absolute Gasteiger partial charge is 0.0523 e. The minimum absolute atomic E-state index is 0.00796. The largest absolute Gasteiger partial charge is 0.398 e. The number of benzene rings is 2. The van der Waals surface area contributed by atoms with E-state index in [4.69, 9.17) is 11.5 Å². The number of anilines is 1. The summed E-state index contributed by atoms with van der Waals surface area (Å²) in [5, 5.41) is 2.73. The van der Waals surface area contributed by atoms with Gasteiger partial charge in [-0.05, 0) is 64.3 Å². The van der Waals surface area contributed by atoms with E-state index in [1.165, 1.54) is 44.2 Å². The molecule has 1 atom stereocenters. The molecule has 0 spiro atoms. The molecule has 0 bridgehead atoms. The lowest BCUT2D eigenvalue weighted by Gasteiger charge is -2.32. The first-order valence-corrected chi connectivity index (χ1v) is 10.9. The van der Waals surface area contributed by atoms with Crippen molar-refractivity contribution in [1.82, 2.24) is 0 Å². The summed E-state index contributed by atoms with van der Waals surface area (Å²) in [6.45, 7) is 9.02. The molecule has 0 saturated carbocycles. The van der Waals surface area contributed by atoms with E-state index in [1.54, 1.807) is 0 Å². The summed E-state index contributed by atoms with van der Waals surface area (Å²) in [5.41, 5.74) is 23.1. The molecule has 146 valence electrons. The SMILES string of the molecule is CCCC1=C(CCC)C(N)c2cccc3c(CCC)c(CCC)c(N)c1c23. The Balaban J connectivity index is 2.45. The highest BCUT2D eigenvalue weighted by Crippen LogP contribution is 2.49. The highest BCUT2D eigenvalue weighted by Gasteiger charge is 2.30. The van der Waals surface area contributed by atoms with Gasteiger partial charge in [-0.25, -0.2) is 0 Å². The van der Waals surface area contributed by atoms with E-state index in [0.717, 1.165) is 57.1 Å². The topological polar surface area (TPSA) is 52.0 Å². The van der Waals surface area contributed by atoms with Crippen LogP contribution in [-0.2, 0) is 12.8 Å². The van der Waals surface area contributed by atoms with Gasteiger partial charge in [0.25, 0.3) is 0 Å². The summed E-state index contributed by atoms with van der Waals surface area (Å²) >= 11 is 0. The number of nitrogens with two attached hydrogens (primary N) is 2. The quantitative estimate of drug-likeness (QED) is 0.512. The summed E-state index contributed by atoms with van der Waals surface area (Å²) < 4.78 is 0. The van der Waals surface area contributed by atoms with E-state index in [2.05, 4.69) is 45.9 Å². The molecule has 0 aromatic heterocycles. The minimum atomic E-state index is 0.00796. The first kappa shape index (κ1) is 19.9. The lowest BCUT2D eigenvalue weighted by atomic mass is 9.74. The van der Waals surface area contributed by atoms with Crippen LogP contribution in [0.4, 0.5) is 5.69 Å². The van der Waals surface area contributed by atoms with E-state index in [0.29, 0.717) is 0 Å². The summed E-state index contributed by atoms with van der Waals surface area (Å²) in [5.74, 6) is 0. The normalized spacial score (nSPS) is 16.4. The lowest BCUT2D eigenvalue weighted by molar-refractivity contribution is 0.750. The Morgan fingerprint density at radius 1 is 0.815 bits per heavy atom. The molecule has 0 amide bonds. The standard InChI is InChI=1S/C25H36N2/c1-5-10-16-18-14-9-15-21-22(18)23(25(27)19(16)12-7-3)17(11-6-2)20(13-8-4)24(21)26/h9,14-15,24H,5-8,10-13,26-27H2,1-4H3. The molecule has 2 heteroatoms. The van der Waals surface area contributed by atoms with E-state index >= 15 is 0 Å². The molecule has 2 aromatic rings. The molecular weight excluding hydrogens is 328 g/mol. The van der Waals surface area contributed by atoms with Gasteiger partial charge in [-0.15, -0.1) is 0 Å². The molecule has 0 saturated heterocycles. The van der Waals surface area contributed by atoms with E-state index < -0.39 is 0 Å². The molecular formula is C25H36N2. The van der Waals surface area contributed by atoms with Crippen LogP contribution in [-0.4, -0.2) is 0 Å². The summed E-state index contributed by atoms with van der Waals surface area (Å²) in [7, 11) is 0. The predicted molar refractivity (Wildman–Crippen MR) is 120 cm³/mol. The van der Waals surface area contributed by atoms with Crippen molar-refractivity contribution in [3.05, 3.63) is 46.0 Å². The predicted octanol–water partition coefficient (Wildman–Crippen LogP) is 6.69. The van der Waals surface area contributed by atoms with Gasteiger partial charge in [-0.1, -0.05) is 71.6 Å². The van der Waals surface area contributed by atoms with Crippen LogP contribution in [0.15, 0.2) is 23.8 Å². The highest BCUT2D eigenvalue weighted by molar-refractivity contribution is 6.06. The molecule has 3 rings (SSSR count). The van der Waals surface area contributed by atoms with Crippen LogP contribution in [0.3, 0.4) is 0 Å². The monoisotopic (exact) mass is 364 g/mol. The molecule has 1 aliphatic carbocycles. The minimum Gasteiger partial charge on any atom is -0.398 e. The molecule has 0 radical (unpaired) electrons. The second kappa shape index (κ2) is 8.48. The van der Waals surface area contributed by atoms with Gasteiger partial charge in [0, 0.05) is 11.3 Å². The Morgan fingerprint density at radius 2 is 1.44 bits per heavy atom. The van der Waals surface area contributed by atoms with Gasteiger partial charge in [0.15, 0.2) is 0 Å². The third-order valence-corrected chi connectivity index (χ3v) is 6.05. The number of rotatable bonds is 8. The summed E-state index contributed by atoms with van der Waals surface area (Å²) in [4.78, 5) is 0. The Morgan fingerprint density at radius 3 is 2.07 bits per heavy atom. The lowest BCUT2D eigenvalue weighted by Crippen LogP contribution is -2.21. The van der Waals surface area contributed by atoms with Gasteiger partial charge in [0.2, 0.25) is 0 Å². The molecule has 0 aliphatic heterocycles. The van der Waals surface area contributed by atoms with E-state index in [9.17, 15) is 0 Å². The van der Waals surface area contributed by atoms with Crippen molar-refractivity contribution in [3.8, 4) is 0 Å². The van der Waals surface area contributed by atoms with Crippen molar-refractivity contribution in [1.29, 1.82) is 0 Å². The number of hydrogen-bond acceptors (Lipinski definition) is 2. The zero-order valence-corrected chi connectivity index (χ0v) is 17.6. The van der Waals surface area contributed by atoms with Crippen molar-refractivity contribution in [2.24, 2.45) is 5.73 Å². The van der Waals surface area contributed by atoms with Crippen LogP contribution in [0.5, 0.6) is 0 Å². The van der Waals surface area contributed by atoms with Crippen molar-refractivity contribution in [2.45, 2.75) is 85.1 Å². The average Bonchev–Trinajstić information content (AvgIpc) is 2.66. The van der Waals surface area contributed by atoms with Crippen LogP contribution in [0.25, 0.3) is 16.3 Å². The molecule has 0 fully saturated rings. The molecule has 1 aliphatic rings. The summed E-state index contributed by atoms with van der Waals surface area (Å²) in [6, 6.07) is 6.73. The first-order valence-electron chi connectivity index (χ1n) is 10.9. The van der Waals surface area contributed by atoms with Gasteiger partial charge in [0.1, 0.15) is 0 Å². The maximum absolute atomic E-state index is 6.93. The fourth-order valence-corrected chi connectivity index (χ4v) is 5.00. The van der Waals surface area contributed by atoms with Gasteiger partial charge in [-0.3, -0.25) is 0 Å². The van der Waals surface area contributed by atoms with Crippen LogP contribution >= 0.6 is 0 Å². The van der Waals surface area contributed by atoms with Crippen molar-refractivity contribution >= 4 is 22.0 Å². The second-order valence-electron chi connectivity index (χ2n) is 8.00. The van der Waals surface area contributed by atoms with Gasteiger partial charge in [-0.2, -0.15) is 0 Å².